The average molecular weight is 532 g/mol. The summed E-state index contributed by atoms with van der Waals surface area (Å²) in [7, 11) is -6.00. The first-order chi connectivity index (χ1) is 15.8. The maximum atomic E-state index is 13.3. The zero-order chi connectivity index (χ0) is 25.3. The largest absolute Gasteiger partial charge is 0.486 e. The Bertz CT molecular complexity index is 1230. The number of carbonyl (C=O) groups excluding carboxylic acids is 1. The van der Waals surface area contributed by atoms with E-state index in [2.05, 4.69) is 4.72 Å². The van der Waals surface area contributed by atoms with Gasteiger partial charge in [-0.05, 0) is 30.5 Å². The number of likely N-dealkylation sites (N-methyl/N-ethyl adjacent to an activating group) is 1. The van der Waals surface area contributed by atoms with Crippen LogP contribution in [-0.4, -0.2) is 82.2 Å². The maximum Gasteiger partial charge on any atom is 0.258 e. The molecule has 0 bridgehead atoms. The van der Waals surface area contributed by atoms with Crippen LogP contribution >= 0.6 is 11.3 Å². The Balaban J connectivity index is 2.06. The van der Waals surface area contributed by atoms with E-state index in [1.807, 2.05) is 6.92 Å². The van der Waals surface area contributed by atoms with Gasteiger partial charge in [0.25, 0.3) is 15.9 Å². The molecule has 1 aliphatic heterocycles. The van der Waals surface area contributed by atoms with Gasteiger partial charge in [-0.25, -0.2) is 16.8 Å². The number of nitrogens with one attached hydrogen (secondary N) is 1. The maximum absolute atomic E-state index is 13.3. The standard InChI is InChI=1S/C21H29N3O7S3/c1-14-11-24(15(2)13-25)21(26)16-7-5-8-17(22-33(4,27)28)20(16)31-18(14)12-23(3)34(29,30)19-9-6-10-32-19/h5-10,14-15,18,22,25H,11-13H2,1-4H3/t14-,15+,18-/m1/s1. The first-order valence-corrected chi connectivity index (χ1v) is 14.8. The number of carbonyl (C=O) groups is 1. The molecular formula is C21H29N3O7S3. The second-order valence-corrected chi connectivity index (χ2v) is 13.4. The Labute approximate surface area is 204 Å². The lowest BCUT2D eigenvalue weighted by atomic mass is 9.99. The molecule has 10 nitrogen and oxygen atoms in total. The molecule has 1 amide bonds. The fourth-order valence-electron chi connectivity index (χ4n) is 3.66. The van der Waals surface area contributed by atoms with Crippen LogP contribution in [0.4, 0.5) is 5.69 Å². The van der Waals surface area contributed by atoms with Gasteiger partial charge < -0.3 is 14.7 Å². The van der Waals surface area contributed by atoms with Crippen LogP contribution < -0.4 is 9.46 Å². The lowest BCUT2D eigenvalue weighted by molar-refractivity contribution is 0.0389. The van der Waals surface area contributed by atoms with Gasteiger partial charge >= 0.3 is 0 Å². The number of fused-ring (bicyclic) bond motifs is 1. The molecule has 0 aliphatic carbocycles. The Hall–Kier alpha value is -2.19. The minimum Gasteiger partial charge on any atom is -0.486 e. The molecular weight excluding hydrogens is 502 g/mol. The summed E-state index contributed by atoms with van der Waals surface area (Å²) in [5.41, 5.74) is 0.197. The molecule has 1 aromatic heterocycles. The highest BCUT2D eigenvalue weighted by Crippen LogP contribution is 2.35. The number of hydrogen-bond donors (Lipinski definition) is 2. The van der Waals surface area contributed by atoms with E-state index in [4.69, 9.17) is 4.74 Å². The van der Waals surface area contributed by atoms with Crippen LogP contribution in [0.25, 0.3) is 0 Å². The summed E-state index contributed by atoms with van der Waals surface area (Å²) in [6.45, 7) is 3.42. The van der Waals surface area contributed by atoms with Crippen molar-refractivity contribution in [2.24, 2.45) is 5.92 Å². The fraction of sp³-hybridized carbons (Fsp3) is 0.476. The summed E-state index contributed by atoms with van der Waals surface area (Å²) in [4.78, 5) is 14.8. The van der Waals surface area contributed by atoms with Crippen molar-refractivity contribution in [3.8, 4) is 5.75 Å². The van der Waals surface area contributed by atoms with Gasteiger partial charge in [-0.2, -0.15) is 4.31 Å². The molecule has 13 heteroatoms. The monoisotopic (exact) mass is 531 g/mol. The Morgan fingerprint density at radius 1 is 1.26 bits per heavy atom. The molecule has 0 unspecified atom stereocenters. The highest BCUT2D eigenvalue weighted by molar-refractivity contribution is 7.92. The minimum atomic E-state index is -3.76. The molecule has 2 N–H and O–H groups in total. The van der Waals surface area contributed by atoms with Gasteiger partial charge in [-0.1, -0.05) is 19.1 Å². The van der Waals surface area contributed by atoms with Crippen LogP contribution in [0, 0.1) is 5.92 Å². The third-order valence-electron chi connectivity index (χ3n) is 5.58. The number of rotatable bonds is 8. The average Bonchev–Trinajstić information content (AvgIpc) is 3.30. The van der Waals surface area contributed by atoms with Gasteiger partial charge in [0, 0.05) is 19.5 Å². The van der Waals surface area contributed by atoms with Crippen molar-refractivity contribution in [1.82, 2.24) is 9.21 Å². The number of ether oxygens (including phenoxy) is 1. The number of benzene rings is 1. The fourth-order valence-corrected chi connectivity index (χ4v) is 6.60. The smallest absolute Gasteiger partial charge is 0.258 e. The number of sulfonamides is 2. The third-order valence-corrected chi connectivity index (χ3v) is 9.37. The number of para-hydroxylation sites is 1. The zero-order valence-electron chi connectivity index (χ0n) is 19.3. The van der Waals surface area contributed by atoms with E-state index in [-0.39, 0.29) is 46.8 Å². The van der Waals surface area contributed by atoms with E-state index in [0.29, 0.717) is 0 Å². The van der Waals surface area contributed by atoms with Crippen LogP contribution in [0.5, 0.6) is 5.75 Å². The first-order valence-electron chi connectivity index (χ1n) is 10.5. The van der Waals surface area contributed by atoms with Crippen molar-refractivity contribution in [3.63, 3.8) is 0 Å². The van der Waals surface area contributed by atoms with E-state index >= 15 is 0 Å². The van der Waals surface area contributed by atoms with Crippen molar-refractivity contribution >= 4 is 43.0 Å². The van der Waals surface area contributed by atoms with Crippen molar-refractivity contribution < 1.29 is 31.5 Å². The molecule has 3 rings (SSSR count). The predicted molar refractivity (Wildman–Crippen MR) is 130 cm³/mol. The van der Waals surface area contributed by atoms with Crippen molar-refractivity contribution in [2.45, 2.75) is 30.2 Å². The van der Waals surface area contributed by atoms with E-state index in [0.717, 1.165) is 17.6 Å². The van der Waals surface area contributed by atoms with Crippen molar-refractivity contribution in [3.05, 3.63) is 41.3 Å². The van der Waals surface area contributed by atoms with Gasteiger partial charge in [0.05, 0.1) is 36.7 Å². The Kier molecular flexibility index (Phi) is 7.92. The van der Waals surface area contributed by atoms with Crippen molar-refractivity contribution in [2.75, 3.05) is 37.7 Å². The number of amides is 1. The summed E-state index contributed by atoms with van der Waals surface area (Å²) in [6, 6.07) is 7.18. The van der Waals surface area contributed by atoms with Crippen LogP contribution in [0.1, 0.15) is 24.2 Å². The lowest BCUT2D eigenvalue weighted by Crippen LogP contribution is -2.50. The molecule has 2 aromatic rings. The summed E-state index contributed by atoms with van der Waals surface area (Å²) >= 11 is 1.11. The number of hydrogen-bond acceptors (Lipinski definition) is 8. The predicted octanol–water partition coefficient (Wildman–Crippen LogP) is 1.66. The normalized spacial score (nSPS) is 20.3. The molecule has 1 aromatic carbocycles. The summed E-state index contributed by atoms with van der Waals surface area (Å²) < 4.78 is 59.8. The number of nitrogens with zero attached hydrogens (tertiary/aromatic N) is 2. The van der Waals surface area contributed by atoms with Gasteiger partial charge in [0.2, 0.25) is 10.0 Å². The quantitative estimate of drug-likeness (QED) is 0.529. The van der Waals surface area contributed by atoms with Crippen LogP contribution in [0.15, 0.2) is 39.9 Å². The summed E-state index contributed by atoms with van der Waals surface area (Å²) in [6.07, 6.45) is 0.265. The zero-order valence-corrected chi connectivity index (χ0v) is 21.8. The van der Waals surface area contributed by atoms with E-state index in [9.17, 15) is 26.7 Å². The second-order valence-electron chi connectivity index (χ2n) is 8.40. The van der Waals surface area contributed by atoms with E-state index in [1.54, 1.807) is 18.4 Å². The van der Waals surface area contributed by atoms with Crippen LogP contribution in [-0.2, 0) is 20.0 Å². The molecule has 34 heavy (non-hydrogen) atoms. The summed E-state index contributed by atoms with van der Waals surface area (Å²) in [5.74, 6) is -0.747. The van der Waals surface area contributed by atoms with E-state index in [1.165, 1.54) is 40.5 Å². The molecule has 1 aliphatic rings. The minimum absolute atomic E-state index is 0.0199. The molecule has 3 atom stereocenters. The molecule has 0 saturated heterocycles. The lowest BCUT2D eigenvalue weighted by Gasteiger charge is -2.38. The molecule has 0 spiro atoms. The van der Waals surface area contributed by atoms with E-state index < -0.39 is 38.1 Å². The molecule has 0 fully saturated rings. The number of aliphatic hydroxyl groups is 1. The topological polar surface area (TPSA) is 133 Å². The third kappa shape index (κ3) is 5.71. The van der Waals surface area contributed by atoms with Gasteiger partial charge in [0.15, 0.2) is 5.75 Å². The van der Waals surface area contributed by atoms with Gasteiger partial charge in [0.1, 0.15) is 10.3 Å². The van der Waals surface area contributed by atoms with Crippen LogP contribution in [0.2, 0.25) is 0 Å². The van der Waals surface area contributed by atoms with Crippen molar-refractivity contribution in [1.29, 1.82) is 0 Å². The van der Waals surface area contributed by atoms with Crippen LogP contribution in [0.3, 0.4) is 0 Å². The molecule has 188 valence electrons. The Morgan fingerprint density at radius 2 is 1.97 bits per heavy atom. The second kappa shape index (κ2) is 10.2. The van der Waals surface area contributed by atoms with Gasteiger partial charge in [-0.15, -0.1) is 11.3 Å². The molecule has 0 saturated carbocycles. The molecule has 0 radical (unpaired) electrons. The highest BCUT2D eigenvalue weighted by atomic mass is 32.2. The first kappa shape index (κ1) is 26.4. The summed E-state index contributed by atoms with van der Waals surface area (Å²) in [5, 5.41) is 11.4. The highest BCUT2D eigenvalue weighted by Gasteiger charge is 2.36. The molecule has 2 heterocycles. The van der Waals surface area contributed by atoms with Gasteiger partial charge in [-0.3, -0.25) is 9.52 Å². The number of anilines is 1. The number of thiophene rings is 1. The SMILES string of the molecule is C[C@@H]1CN([C@@H](C)CO)C(=O)c2cccc(NS(C)(=O)=O)c2O[C@@H]1CN(C)S(=O)(=O)c1cccs1. The Morgan fingerprint density at radius 3 is 2.56 bits per heavy atom. The number of aliphatic hydroxyl groups excluding tert-OH is 1.